The molecule has 6 aliphatic heterocycles. The first-order chi connectivity index (χ1) is 18.6. The van der Waals surface area contributed by atoms with E-state index in [2.05, 4.69) is 54.6 Å². The summed E-state index contributed by atoms with van der Waals surface area (Å²) in [5.74, 6) is 2.73. The lowest BCUT2D eigenvalue weighted by molar-refractivity contribution is -0.184. The van der Waals surface area contributed by atoms with Gasteiger partial charge in [0, 0.05) is 38.3 Å². The maximum Gasteiger partial charge on any atom is 0.145 e. The van der Waals surface area contributed by atoms with Gasteiger partial charge in [0.2, 0.25) is 0 Å². The van der Waals surface area contributed by atoms with Crippen LogP contribution in [-0.2, 0) is 0 Å². The Kier molecular flexibility index (Phi) is 7.06. The van der Waals surface area contributed by atoms with Crippen molar-refractivity contribution in [2.75, 3.05) is 32.7 Å². The Morgan fingerprint density at radius 2 is 1.28 bits per heavy atom. The summed E-state index contributed by atoms with van der Waals surface area (Å²) in [6.45, 7) is 19.8. The van der Waals surface area contributed by atoms with Gasteiger partial charge in [-0.05, 0) is 124 Å². The van der Waals surface area contributed by atoms with E-state index in [1.54, 1.807) is 0 Å². The minimum Gasteiger partial charge on any atom is -0.295 e. The lowest BCUT2D eigenvalue weighted by Crippen LogP contribution is -2.81. The van der Waals surface area contributed by atoms with Crippen LogP contribution in [0.3, 0.4) is 0 Å². The molecule has 39 heavy (non-hydrogen) atoms. The lowest BCUT2D eigenvalue weighted by atomic mass is 9.65. The van der Waals surface area contributed by atoms with Crippen LogP contribution in [0.25, 0.3) is 0 Å². The predicted molar refractivity (Wildman–Crippen MR) is 162 cm³/mol. The van der Waals surface area contributed by atoms with Crippen molar-refractivity contribution in [1.82, 2.24) is 20.0 Å². The van der Waals surface area contributed by atoms with Gasteiger partial charge in [-0.3, -0.25) is 20.0 Å². The molecule has 4 atom stereocenters. The van der Waals surface area contributed by atoms with Crippen LogP contribution in [0.15, 0.2) is 0 Å². The Balaban J connectivity index is 1.40. The van der Waals surface area contributed by atoms with Gasteiger partial charge in [0.05, 0.1) is 6.04 Å². The Bertz CT molecular complexity index is 867. The molecule has 8 rings (SSSR count). The normalized spacial score (nSPS) is 48.8. The molecular formula is C35H62N4. The second-order valence-corrected chi connectivity index (χ2v) is 17.9. The summed E-state index contributed by atoms with van der Waals surface area (Å²) in [7, 11) is 0. The van der Waals surface area contributed by atoms with Gasteiger partial charge in [0.1, 0.15) is 5.79 Å². The van der Waals surface area contributed by atoms with Gasteiger partial charge in [-0.1, -0.05) is 47.5 Å². The van der Waals surface area contributed by atoms with Gasteiger partial charge >= 0.3 is 0 Å². The van der Waals surface area contributed by atoms with Gasteiger partial charge in [-0.2, -0.15) is 0 Å². The SMILES string of the molecule is CC1(C)CC2CC(C)(CN2C2(N3CC4CCCC3CCC4)NCCCC(C)(C)C2N2CC3CCC(CC3)C2)C1. The van der Waals surface area contributed by atoms with E-state index >= 15 is 0 Å². The first kappa shape index (κ1) is 27.7. The number of fused-ring (bicyclic) bond motifs is 9. The minimum absolute atomic E-state index is 0.0236. The summed E-state index contributed by atoms with van der Waals surface area (Å²) in [5, 5.41) is 4.59. The smallest absolute Gasteiger partial charge is 0.145 e. The highest BCUT2D eigenvalue weighted by Crippen LogP contribution is 2.57. The van der Waals surface area contributed by atoms with Gasteiger partial charge in [0.25, 0.3) is 0 Å². The Morgan fingerprint density at radius 1 is 0.641 bits per heavy atom. The number of rotatable bonds is 3. The first-order valence-corrected chi connectivity index (χ1v) is 17.6. The molecule has 222 valence electrons. The molecule has 6 bridgehead atoms. The summed E-state index contributed by atoms with van der Waals surface area (Å²) in [4.78, 5) is 9.57. The van der Waals surface area contributed by atoms with Crippen LogP contribution >= 0.6 is 0 Å². The summed E-state index contributed by atoms with van der Waals surface area (Å²) < 4.78 is 0. The Hall–Kier alpha value is -0.160. The topological polar surface area (TPSA) is 21.8 Å². The lowest BCUT2D eigenvalue weighted by Gasteiger charge is -2.62. The fourth-order valence-electron chi connectivity index (χ4n) is 12.3. The average Bonchev–Trinajstić information content (AvgIpc) is 3.25. The molecule has 4 nitrogen and oxygen atoms in total. The number of hydrogen-bond donors (Lipinski definition) is 1. The standard InChI is InChI=1S/C35H62N4/c1-32(2)19-30-20-34(5,24-32)25-39(30)35(38-23-26-9-6-11-29(38)12-7-10-26)31(33(3,4)17-8-18-36-35)37-21-27-13-14-28(22-37)16-15-27/h26-31,36H,6-25H2,1-5H3. The van der Waals surface area contributed by atoms with Crippen LogP contribution in [0, 0.1) is 34.0 Å². The van der Waals surface area contributed by atoms with Crippen LogP contribution in [0.5, 0.6) is 0 Å². The van der Waals surface area contributed by atoms with Crippen LogP contribution in [0.4, 0.5) is 0 Å². The zero-order valence-corrected chi connectivity index (χ0v) is 26.4. The third kappa shape index (κ3) is 4.88. The highest BCUT2D eigenvalue weighted by atomic mass is 15.6. The fraction of sp³-hybridized carbons (Fsp3) is 1.00. The van der Waals surface area contributed by atoms with E-state index in [0.29, 0.717) is 22.3 Å². The van der Waals surface area contributed by atoms with Crippen molar-refractivity contribution < 1.29 is 0 Å². The molecular weight excluding hydrogens is 476 g/mol. The Morgan fingerprint density at radius 3 is 1.95 bits per heavy atom. The zero-order valence-electron chi connectivity index (χ0n) is 26.4. The molecule has 2 saturated carbocycles. The zero-order chi connectivity index (χ0) is 27.0. The predicted octanol–water partition coefficient (Wildman–Crippen LogP) is 7.10. The second kappa shape index (κ2) is 9.95. The molecule has 4 heteroatoms. The van der Waals surface area contributed by atoms with Crippen LogP contribution in [-0.4, -0.2) is 71.3 Å². The van der Waals surface area contributed by atoms with E-state index < -0.39 is 0 Å². The highest BCUT2D eigenvalue weighted by molar-refractivity contribution is 5.15. The van der Waals surface area contributed by atoms with E-state index in [4.69, 9.17) is 0 Å². The van der Waals surface area contributed by atoms with E-state index in [0.717, 1.165) is 29.8 Å². The molecule has 8 aliphatic rings. The quantitative estimate of drug-likeness (QED) is 0.414. The van der Waals surface area contributed by atoms with Crippen molar-refractivity contribution in [3.8, 4) is 0 Å². The van der Waals surface area contributed by atoms with Crippen LogP contribution in [0.1, 0.15) is 131 Å². The third-order valence-corrected chi connectivity index (χ3v) is 13.3. The molecule has 6 heterocycles. The van der Waals surface area contributed by atoms with E-state index in [1.165, 1.54) is 129 Å². The summed E-state index contributed by atoms with van der Waals surface area (Å²) in [6, 6.07) is 2.04. The molecule has 8 fully saturated rings. The summed E-state index contributed by atoms with van der Waals surface area (Å²) in [5.41, 5.74) is 1.22. The molecule has 1 N–H and O–H groups in total. The summed E-state index contributed by atoms with van der Waals surface area (Å²) >= 11 is 0. The molecule has 0 amide bonds. The van der Waals surface area contributed by atoms with E-state index in [-0.39, 0.29) is 5.79 Å². The maximum atomic E-state index is 4.59. The van der Waals surface area contributed by atoms with E-state index in [1.807, 2.05) is 0 Å². The third-order valence-electron chi connectivity index (χ3n) is 13.3. The van der Waals surface area contributed by atoms with Gasteiger partial charge in [-0.25, -0.2) is 0 Å². The van der Waals surface area contributed by atoms with Crippen molar-refractivity contribution >= 4 is 0 Å². The van der Waals surface area contributed by atoms with Crippen LogP contribution in [0.2, 0.25) is 0 Å². The second-order valence-electron chi connectivity index (χ2n) is 17.9. The fourth-order valence-corrected chi connectivity index (χ4v) is 12.3. The largest absolute Gasteiger partial charge is 0.295 e. The van der Waals surface area contributed by atoms with Crippen molar-refractivity contribution in [2.45, 2.75) is 155 Å². The van der Waals surface area contributed by atoms with Gasteiger partial charge in [0.15, 0.2) is 0 Å². The molecule has 0 radical (unpaired) electrons. The molecule has 0 aromatic rings. The number of hydrogen-bond acceptors (Lipinski definition) is 4. The minimum atomic E-state index is -0.0236. The number of likely N-dealkylation sites (tertiary alicyclic amines) is 1. The Labute approximate surface area is 241 Å². The van der Waals surface area contributed by atoms with Gasteiger partial charge in [-0.15, -0.1) is 0 Å². The number of nitrogens with zero attached hydrogens (tertiary/aromatic N) is 3. The molecule has 6 saturated heterocycles. The van der Waals surface area contributed by atoms with Crippen molar-refractivity contribution in [1.29, 1.82) is 0 Å². The molecule has 0 aromatic carbocycles. The molecule has 0 spiro atoms. The maximum absolute atomic E-state index is 4.59. The first-order valence-electron chi connectivity index (χ1n) is 17.6. The number of nitrogens with one attached hydrogen (secondary N) is 1. The highest BCUT2D eigenvalue weighted by Gasteiger charge is 2.64. The molecule has 2 aliphatic carbocycles. The van der Waals surface area contributed by atoms with Crippen molar-refractivity contribution in [3.05, 3.63) is 0 Å². The monoisotopic (exact) mass is 538 g/mol. The van der Waals surface area contributed by atoms with Crippen molar-refractivity contribution in [2.24, 2.45) is 34.0 Å². The molecule has 0 aromatic heterocycles. The average molecular weight is 539 g/mol. The van der Waals surface area contributed by atoms with Gasteiger partial charge < -0.3 is 0 Å². The summed E-state index contributed by atoms with van der Waals surface area (Å²) in [6.07, 6.45) is 21.6. The molecule has 4 unspecified atom stereocenters. The van der Waals surface area contributed by atoms with Crippen LogP contribution < -0.4 is 5.32 Å². The van der Waals surface area contributed by atoms with E-state index in [9.17, 15) is 0 Å². The van der Waals surface area contributed by atoms with Crippen molar-refractivity contribution in [3.63, 3.8) is 0 Å².